The molecular formula is C16H23NO4. The Kier molecular flexibility index (Phi) is 5.90. The average Bonchev–Trinajstić information content (AvgIpc) is 2.37. The fraction of sp³-hybridized carbons (Fsp3) is 0.500. The van der Waals surface area contributed by atoms with Crippen molar-refractivity contribution < 1.29 is 19.4 Å². The van der Waals surface area contributed by atoms with Crippen LogP contribution in [0.3, 0.4) is 0 Å². The van der Waals surface area contributed by atoms with Crippen LogP contribution in [-0.4, -0.2) is 23.1 Å². The van der Waals surface area contributed by atoms with E-state index >= 15 is 0 Å². The highest BCUT2D eigenvalue weighted by molar-refractivity contribution is 5.82. The zero-order chi connectivity index (χ0) is 16.2. The molecule has 0 fully saturated rings. The van der Waals surface area contributed by atoms with Gasteiger partial charge in [0.25, 0.3) is 0 Å². The van der Waals surface area contributed by atoms with E-state index in [1.54, 1.807) is 0 Å². The molecule has 5 heteroatoms. The maximum atomic E-state index is 11.9. The number of rotatable bonds is 6. The Labute approximate surface area is 125 Å². The number of carbonyl (C=O) groups is 2. The first kappa shape index (κ1) is 17.2. The number of nitrogens with two attached hydrogens (primary N) is 1. The minimum Gasteiger partial charge on any atom is -0.480 e. The molecule has 0 bridgehead atoms. The third kappa shape index (κ3) is 4.56. The van der Waals surface area contributed by atoms with E-state index in [9.17, 15) is 9.59 Å². The van der Waals surface area contributed by atoms with E-state index in [-0.39, 0.29) is 18.3 Å². The van der Waals surface area contributed by atoms with Crippen molar-refractivity contribution in [2.24, 2.45) is 5.73 Å². The number of carboxylic acids is 1. The summed E-state index contributed by atoms with van der Waals surface area (Å²) in [6.07, 6.45) is -0.348. The Morgan fingerprint density at radius 2 is 1.62 bits per heavy atom. The van der Waals surface area contributed by atoms with Gasteiger partial charge >= 0.3 is 11.9 Å². The third-order valence-electron chi connectivity index (χ3n) is 3.24. The third-order valence-corrected chi connectivity index (χ3v) is 3.24. The Morgan fingerprint density at radius 1 is 1.14 bits per heavy atom. The molecule has 1 rings (SSSR count). The van der Waals surface area contributed by atoms with Gasteiger partial charge in [0, 0.05) is 0 Å². The van der Waals surface area contributed by atoms with Crippen molar-refractivity contribution in [1.82, 2.24) is 0 Å². The van der Waals surface area contributed by atoms with Gasteiger partial charge < -0.3 is 15.6 Å². The molecule has 0 saturated carbocycles. The first-order chi connectivity index (χ1) is 9.73. The summed E-state index contributed by atoms with van der Waals surface area (Å²) in [5.74, 6) is -0.919. The summed E-state index contributed by atoms with van der Waals surface area (Å²) in [5, 5.41) is 8.75. The molecule has 1 unspecified atom stereocenters. The van der Waals surface area contributed by atoms with Gasteiger partial charge in [-0.05, 0) is 23.0 Å². The fourth-order valence-electron chi connectivity index (χ4n) is 2.02. The molecule has 0 aliphatic rings. The van der Waals surface area contributed by atoms with Crippen LogP contribution in [0.2, 0.25) is 0 Å². The van der Waals surface area contributed by atoms with E-state index in [2.05, 4.69) is 0 Å². The van der Waals surface area contributed by atoms with E-state index in [1.807, 2.05) is 45.9 Å². The zero-order valence-corrected chi connectivity index (χ0v) is 12.9. The summed E-state index contributed by atoms with van der Waals surface area (Å²) in [4.78, 5) is 22.6. The Morgan fingerprint density at radius 3 is 2.00 bits per heavy atom. The molecule has 0 amide bonds. The lowest BCUT2D eigenvalue weighted by atomic mass is 9.94. The minimum absolute atomic E-state index is 0.194. The molecule has 1 aromatic carbocycles. The van der Waals surface area contributed by atoms with Crippen LogP contribution in [0.5, 0.6) is 5.75 Å². The van der Waals surface area contributed by atoms with Gasteiger partial charge in [-0.25, -0.2) is 0 Å². The minimum atomic E-state index is -1.24. The van der Waals surface area contributed by atoms with Gasteiger partial charge in [-0.15, -0.1) is 0 Å². The van der Waals surface area contributed by atoms with Crippen LogP contribution in [0.1, 0.15) is 57.1 Å². The van der Waals surface area contributed by atoms with Crippen molar-refractivity contribution in [3.63, 3.8) is 0 Å². The van der Waals surface area contributed by atoms with E-state index in [0.29, 0.717) is 5.75 Å². The summed E-state index contributed by atoms with van der Waals surface area (Å²) in [5.41, 5.74) is 7.22. The SMILES string of the molecule is CC(C)c1cccc(C(C)C)c1OC(=O)CC(N)C(=O)O. The second-order valence-electron chi connectivity index (χ2n) is 5.70. The number of carbonyl (C=O) groups excluding carboxylic acids is 1. The molecule has 0 heterocycles. The quantitative estimate of drug-likeness (QED) is 0.621. The first-order valence-corrected chi connectivity index (χ1v) is 7.05. The second-order valence-corrected chi connectivity index (χ2v) is 5.70. The molecular weight excluding hydrogens is 270 g/mol. The van der Waals surface area contributed by atoms with E-state index in [0.717, 1.165) is 11.1 Å². The molecule has 0 spiro atoms. The molecule has 5 nitrogen and oxygen atoms in total. The van der Waals surface area contributed by atoms with Gasteiger partial charge in [-0.2, -0.15) is 0 Å². The van der Waals surface area contributed by atoms with Crippen molar-refractivity contribution in [3.8, 4) is 5.75 Å². The molecule has 0 aromatic heterocycles. The lowest BCUT2D eigenvalue weighted by Crippen LogP contribution is -2.34. The second kappa shape index (κ2) is 7.22. The van der Waals surface area contributed by atoms with Crippen molar-refractivity contribution in [3.05, 3.63) is 29.3 Å². The lowest BCUT2D eigenvalue weighted by molar-refractivity contribution is -0.143. The molecule has 116 valence electrons. The highest BCUT2D eigenvalue weighted by atomic mass is 16.5. The number of carboxylic acid groups (broad SMARTS) is 1. The van der Waals surface area contributed by atoms with E-state index in [1.165, 1.54) is 0 Å². The van der Waals surface area contributed by atoms with Gasteiger partial charge in [0.15, 0.2) is 0 Å². The molecule has 21 heavy (non-hydrogen) atoms. The number of aliphatic carboxylic acids is 1. The lowest BCUT2D eigenvalue weighted by Gasteiger charge is -2.19. The van der Waals surface area contributed by atoms with Crippen LogP contribution in [0, 0.1) is 0 Å². The van der Waals surface area contributed by atoms with Crippen molar-refractivity contribution in [1.29, 1.82) is 0 Å². The monoisotopic (exact) mass is 293 g/mol. The van der Waals surface area contributed by atoms with Gasteiger partial charge in [0.05, 0.1) is 6.42 Å². The van der Waals surface area contributed by atoms with Crippen molar-refractivity contribution in [2.75, 3.05) is 0 Å². The van der Waals surface area contributed by atoms with Crippen molar-refractivity contribution in [2.45, 2.75) is 52.0 Å². The standard InChI is InChI=1S/C16H23NO4/c1-9(2)11-6-5-7-12(10(3)4)15(11)21-14(18)8-13(17)16(19)20/h5-7,9-10,13H,8,17H2,1-4H3,(H,19,20). The predicted octanol–water partition coefficient (Wildman–Crippen LogP) is 2.64. The van der Waals surface area contributed by atoms with Crippen LogP contribution in [0.25, 0.3) is 0 Å². The zero-order valence-electron chi connectivity index (χ0n) is 12.9. The van der Waals surface area contributed by atoms with Crippen LogP contribution < -0.4 is 10.5 Å². The summed E-state index contributed by atoms with van der Waals surface area (Å²) in [7, 11) is 0. The van der Waals surface area contributed by atoms with Gasteiger partial charge in [-0.1, -0.05) is 45.9 Å². The van der Waals surface area contributed by atoms with Crippen LogP contribution >= 0.6 is 0 Å². The topological polar surface area (TPSA) is 89.6 Å². The molecule has 0 aliphatic heterocycles. The number of para-hydroxylation sites is 1. The maximum Gasteiger partial charge on any atom is 0.321 e. The molecule has 3 N–H and O–H groups in total. The fourth-order valence-corrected chi connectivity index (χ4v) is 2.02. The number of hydrogen-bond donors (Lipinski definition) is 2. The molecule has 0 saturated heterocycles. The molecule has 1 aromatic rings. The normalized spacial score (nSPS) is 12.5. The summed E-state index contributed by atoms with van der Waals surface area (Å²) < 4.78 is 5.44. The largest absolute Gasteiger partial charge is 0.480 e. The number of ether oxygens (including phenoxy) is 1. The van der Waals surface area contributed by atoms with Crippen LogP contribution in [0.4, 0.5) is 0 Å². The van der Waals surface area contributed by atoms with Gasteiger partial charge in [-0.3, -0.25) is 9.59 Å². The first-order valence-electron chi connectivity index (χ1n) is 7.05. The molecule has 0 radical (unpaired) electrons. The van der Waals surface area contributed by atoms with Gasteiger partial charge in [0.1, 0.15) is 11.8 Å². The summed E-state index contributed by atoms with van der Waals surface area (Å²) in [6, 6.07) is 4.52. The molecule has 1 atom stereocenters. The Bertz CT molecular complexity index is 497. The number of benzene rings is 1. The van der Waals surface area contributed by atoms with E-state index in [4.69, 9.17) is 15.6 Å². The highest BCUT2D eigenvalue weighted by Gasteiger charge is 2.21. The molecule has 0 aliphatic carbocycles. The average molecular weight is 293 g/mol. The number of hydrogen-bond acceptors (Lipinski definition) is 4. The smallest absolute Gasteiger partial charge is 0.321 e. The Hall–Kier alpha value is -1.88. The van der Waals surface area contributed by atoms with E-state index < -0.39 is 18.0 Å². The van der Waals surface area contributed by atoms with Crippen molar-refractivity contribution >= 4 is 11.9 Å². The highest BCUT2D eigenvalue weighted by Crippen LogP contribution is 2.34. The summed E-state index contributed by atoms with van der Waals surface area (Å²) >= 11 is 0. The maximum absolute atomic E-state index is 11.9. The number of esters is 1. The predicted molar refractivity (Wildman–Crippen MR) is 80.5 cm³/mol. The summed E-state index contributed by atoms with van der Waals surface area (Å²) in [6.45, 7) is 8.05. The Balaban J connectivity index is 3.05. The van der Waals surface area contributed by atoms with Crippen LogP contribution in [-0.2, 0) is 9.59 Å². The van der Waals surface area contributed by atoms with Gasteiger partial charge in [0.2, 0.25) is 0 Å². The van der Waals surface area contributed by atoms with Crippen LogP contribution in [0.15, 0.2) is 18.2 Å².